The van der Waals surface area contributed by atoms with Crippen molar-refractivity contribution in [3.63, 3.8) is 0 Å². The summed E-state index contributed by atoms with van der Waals surface area (Å²) in [4.78, 5) is 4.31. The number of fused-ring (bicyclic) bond motifs is 1. The zero-order chi connectivity index (χ0) is 11.7. The van der Waals surface area contributed by atoms with E-state index < -0.39 is 0 Å². The highest BCUT2D eigenvalue weighted by atomic mass is 15.1. The summed E-state index contributed by atoms with van der Waals surface area (Å²) in [5, 5.41) is 2.61. The van der Waals surface area contributed by atoms with Gasteiger partial charge in [0.2, 0.25) is 0 Å². The van der Waals surface area contributed by atoms with Crippen molar-refractivity contribution >= 4 is 22.1 Å². The van der Waals surface area contributed by atoms with E-state index in [1.807, 2.05) is 0 Å². The number of benzene rings is 2. The van der Waals surface area contributed by atoms with Crippen LogP contribution in [-0.4, -0.2) is 28.2 Å². The Labute approximate surface area is 97.1 Å². The quantitative estimate of drug-likeness (QED) is 0.758. The van der Waals surface area contributed by atoms with Gasteiger partial charge in [-0.15, -0.1) is 0 Å². The van der Waals surface area contributed by atoms with Gasteiger partial charge in [-0.3, -0.25) is 0 Å². The van der Waals surface area contributed by atoms with Crippen LogP contribution in [0.4, 0.5) is 11.4 Å². The van der Waals surface area contributed by atoms with Crippen molar-refractivity contribution in [3.05, 3.63) is 36.4 Å². The van der Waals surface area contributed by atoms with E-state index in [0.717, 1.165) is 0 Å². The van der Waals surface area contributed by atoms with Gasteiger partial charge in [0.1, 0.15) is 0 Å². The predicted octanol–water partition coefficient (Wildman–Crippen LogP) is 2.97. The van der Waals surface area contributed by atoms with Crippen LogP contribution < -0.4 is 9.80 Å². The maximum atomic E-state index is 2.18. The normalized spacial score (nSPS) is 10.5. The fourth-order valence-electron chi connectivity index (χ4n) is 2.05. The Hall–Kier alpha value is -1.70. The van der Waals surface area contributed by atoms with E-state index in [0.29, 0.717) is 0 Å². The maximum Gasteiger partial charge on any atom is 0.0442 e. The second-order valence-electron chi connectivity index (χ2n) is 4.44. The lowest BCUT2D eigenvalue weighted by Crippen LogP contribution is -2.12. The van der Waals surface area contributed by atoms with E-state index in [-0.39, 0.29) is 0 Å². The molecule has 0 radical (unpaired) electrons. The van der Waals surface area contributed by atoms with Crippen LogP contribution in [0.1, 0.15) is 0 Å². The summed E-state index contributed by atoms with van der Waals surface area (Å²) in [6.07, 6.45) is 0. The first-order valence-electron chi connectivity index (χ1n) is 5.47. The van der Waals surface area contributed by atoms with Gasteiger partial charge in [0, 0.05) is 50.3 Å². The first-order chi connectivity index (χ1) is 7.61. The molecule has 0 unspecified atom stereocenters. The predicted molar refractivity (Wildman–Crippen MR) is 72.6 cm³/mol. The first kappa shape index (κ1) is 10.8. The Bertz CT molecular complexity index is 455. The molecule has 0 aliphatic heterocycles. The summed E-state index contributed by atoms with van der Waals surface area (Å²) in [5.74, 6) is 0. The third-order valence-corrected chi connectivity index (χ3v) is 2.84. The lowest BCUT2D eigenvalue weighted by atomic mass is 10.1. The molecule has 0 saturated heterocycles. The third kappa shape index (κ3) is 1.71. The van der Waals surface area contributed by atoms with Gasteiger partial charge in [-0.1, -0.05) is 24.3 Å². The summed E-state index contributed by atoms with van der Waals surface area (Å²) in [7, 11) is 8.32. The average Bonchev–Trinajstić information content (AvgIpc) is 2.27. The Morgan fingerprint density at radius 2 is 1.00 bits per heavy atom. The molecule has 2 heteroatoms. The van der Waals surface area contributed by atoms with E-state index in [1.54, 1.807) is 0 Å². The van der Waals surface area contributed by atoms with Crippen LogP contribution in [0.2, 0.25) is 0 Å². The van der Waals surface area contributed by atoms with E-state index in [9.17, 15) is 0 Å². The smallest absolute Gasteiger partial charge is 0.0442 e. The molecule has 16 heavy (non-hydrogen) atoms. The molecule has 2 nitrogen and oxygen atoms in total. The Balaban J connectivity index is 2.77. The Morgan fingerprint density at radius 3 is 1.31 bits per heavy atom. The van der Waals surface area contributed by atoms with Gasteiger partial charge in [0.05, 0.1) is 0 Å². The molecule has 0 bridgehead atoms. The van der Waals surface area contributed by atoms with Gasteiger partial charge in [-0.25, -0.2) is 0 Å². The monoisotopic (exact) mass is 214 g/mol. The summed E-state index contributed by atoms with van der Waals surface area (Å²) in [5.41, 5.74) is 2.53. The summed E-state index contributed by atoms with van der Waals surface area (Å²) >= 11 is 0. The zero-order valence-electron chi connectivity index (χ0n) is 10.4. The minimum atomic E-state index is 1.27. The van der Waals surface area contributed by atoms with Crippen LogP contribution in [0.3, 0.4) is 0 Å². The van der Waals surface area contributed by atoms with Crippen molar-refractivity contribution in [1.29, 1.82) is 0 Å². The molecule has 0 fully saturated rings. The first-order valence-corrected chi connectivity index (χ1v) is 5.47. The molecule has 2 aromatic rings. The molecule has 0 aromatic heterocycles. The fraction of sp³-hybridized carbons (Fsp3) is 0.286. The van der Waals surface area contributed by atoms with Crippen molar-refractivity contribution in [2.75, 3.05) is 38.0 Å². The highest BCUT2D eigenvalue weighted by Crippen LogP contribution is 2.32. The number of rotatable bonds is 2. The van der Waals surface area contributed by atoms with Crippen LogP contribution in [0, 0.1) is 0 Å². The van der Waals surface area contributed by atoms with Crippen molar-refractivity contribution < 1.29 is 0 Å². The molecule has 2 aromatic carbocycles. The minimum absolute atomic E-state index is 1.27. The Morgan fingerprint density at radius 1 is 0.625 bits per heavy atom. The van der Waals surface area contributed by atoms with Gasteiger partial charge in [0.15, 0.2) is 0 Å². The number of hydrogen-bond donors (Lipinski definition) is 0. The topological polar surface area (TPSA) is 6.48 Å². The van der Waals surface area contributed by atoms with E-state index in [4.69, 9.17) is 0 Å². The molecule has 0 saturated carbocycles. The van der Waals surface area contributed by atoms with Crippen LogP contribution in [0.5, 0.6) is 0 Å². The van der Waals surface area contributed by atoms with E-state index in [2.05, 4.69) is 74.4 Å². The molecule has 0 atom stereocenters. The Kier molecular flexibility index (Phi) is 2.73. The number of hydrogen-bond acceptors (Lipinski definition) is 2. The number of anilines is 2. The minimum Gasteiger partial charge on any atom is -0.377 e. The largest absolute Gasteiger partial charge is 0.377 e. The zero-order valence-corrected chi connectivity index (χ0v) is 10.4. The molecule has 0 heterocycles. The van der Waals surface area contributed by atoms with Crippen LogP contribution in [0.15, 0.2) is 36.4 Å². The molecular formula is C14H18N2. The SMILES string of the molecule is CN(C)c1ccc(N(C)C)c2ccccc12. The molecule has 0 aliphatic rings. The highest BCUT2D eigenvalue weighted by Gasteiger charge is 2.07. The molecule has 0 amide bonds. The van der Waals surface area contributed by atoms with Crippen LogP contribution in [0.25, 0.3) is 10.8 Å². The van der Waals surface area contributed by atoms with Crippen molar-refractivity contribution in [3.8, 4) is 0 Å². The summed E-state index contributed by atoms with van der Waals surface area (Å²) in [6, 6.07) is 12.9. The van der Waals surface area contributed by atoms with Gasteiger partial charge >= 0.3 is 0 Å². The third-order valence-electron chi connectivity index (χ3n) is 2.84. The molecular weight excluding hydrogens is 196 g/mol. The van der Waals surface area contributed by atoms with Gasteiger partial charge < -0.3 is 9.80 Å². The average molecular weight is 214 g/mol. The van der Waals surface area contributed by atoms with E-state index in [1.165, 1.54) is 22.1 Å². The number of nitrogens with zero attached hydrogens (tertiary/aromatic N) is 2. The lowest BCUT2D eigenvalue weighted by molar-refractivity contribution is 1.12. The van der Waals surface area contributed by atoms with Crippen LogP contribution in [-0.2, 0) is 0 Å². The van der Waals surface area contributed by atoms with Crippen molar-refractivity contribution in [2.45, 2.75) is 0 Å². The lowest BCUT2D eigenvalue weighted by Gasteiger charge is -2.20. The standard InChI is InChI=1S/C14H18N2/c1-15(2)13-9-10-14(16(3)4)12-8-6-5-7-11(12)13/h5-10H,1-4H3. The molecule has 0 spiro atoms. The highest BCUT2D eigenvalue weighted by molar-refractivity contribution is 6.02. The van der Waals surface area contributed by atoms with Gasteiger partial charge in [0.25, 0.3) is 0 Å². The maximum absolute atomic E-state index is 2.18. The molecule has 0 aliphatic carbocycles. The van der Waals surface area contributed by atoms with Gasteiger partial charge in [-0.05, 0) is 12.1 Å². The second-order valence-corrected chi connectivity index (χ2v) is 4.44. The van der Waals surface area contributed by atoms with E-state index >= 15 is 0 Å². The molecule has 84 valence electrons. The summed E-state index contributed by atoms with van der Waals surface area (Å²) < 4.78 is 0. The van der Waals surface area contributed by atoms with Crippen LogP contribution >= 0.6 is 0 Å². The van der Waals surface area contributed by atoms with Crippen molar-refractivity contribution in [1.82, 2.24) is 0 Å². The molecule has 2 rings (SSSR count). The summed E-state index contributed by atoms with van der Waals surface area (Å²) in [6.45, 7) is 0. The van der Waals surface area contributed by atoms with Gasteiger partial charge in [-0.2, -0.15) is 0 Å². The van der Waals surface area contributed by atoms with Crippen molar-refractivity contribution in [2.24, 2.45) is 0 Å². The fourth-order valence-corrected chi connectivity index (χ4v) is 2.05. The molecule has 0 N–H and O–H groups in total. The second kappa shape index (κ2) is 4.05.